The largest absolute Gasteiger partial charge is 0.317 e. The summed E-state index contributed by atoms with van der Waals surface area (Å²) in [5.74, 6) is 0. The van der Waals surface area contributed by atoms with E-state index < -0.39 is 0 Å². The normalized spacial score (nSPS) is 18.1. The molecular formula is C38H38Cl2N6O2. The predicted molar refractivity (Wildman–Crippen MR) is 195 cm³/mol. The van der Waals surface area contributed by atoms with Crippen LogP contribution in [0.3, 0.4) is 0 Å². The van der Waals surface area contributed by atoms with Crippen molar-refractivity contribution in [3.8, 4) is 33.4 Å². The third-order valence-electron chi connectivity index (χ3n) is 10.2. The summed E-state index contributed by atoms with van der Waals surface area (Å²) < 4.78 is 7.56. The summed E-state index contributed by atoms with van der Waals surface area (Å²) >= 11 is 14.3. The van der Waals surface area contributed by atoms with E-state index in [1.165, 1.54) is 0 Å². The quantitative estimate of drug-likeness (QED) is 0.192. The van der Waals surface area contributed by atoms with E-state index in [9.17, 15) is 9.59 Å². The van der Waals surface area contributed by atoms with Gasteiger partial charge in [0.2, 0.25) is 0 Å². The van der Waals surface area contributed by atoms with Crippen molar-refractivity contribution in [1.29, 1.82) is 0 Å². The second-order valence-corrected chi connectivity index (χ2v) is 14.1. The summed E-state index contributed by atoms with van der Waals surface area (Å²) in [4.78, 5) is 27.2. The first kappa shape index (κ1) is 31.2. The van der Waals surface area contributed by atoms with Crippen LogP contribution in [0.2, 0.25) is 10.0 Å². The van der Waals surface area contributed by atoms with Crippen molar-refractivity contribution in [1.82, 2.24) is 28.6 Å². The van der Waals surface area contributed by atoms with E-state index in [0.717, 1.165) is 83.5 Å². The van der Waals surface area contributed by atoms with Crippen molar-refractivity contribution in [3.05, 3.63) is 115 Å². The monoisotopic (exact) mass is 680 g/mol. The second-order valence-electron chi connectivity index (χ2n) is 13.3. The minimum absolute atomic E-state index is 0.00455. The molecule has 0 spiro atoms. The van der Waals surface area contributed by atoms with E-state index in [1.807, 2.05) is 105 Å². The average molecular weight is 682 g/mol. The number of nitrogens with one attached hydrogen (secondary N) is 2. The Morgan fingerprint density at radius 2 is 1.06 bits per heavy atom. The lowest BCUT2D eigenvalue weighted by molar-refractivity contribution is 0.491. The van der Waals surface area contributed by atoms with Crippen LogP contribution < -0.4 is 21.8 Å². The van der Waals surface area contributed by atoms with Gasteiger partial charge in [0.15, 0.2) is 0 Å². The maximum Gasteiger partial charge on any atom is 0.275 e. The zero-order valence-corrected chi connectivity index (χ0v) is 28.6. The van der Waals surface area contributed by atoms with Gasteiger partial charge in [-0.1, -0.05) is 59.6 Å². The van der Waals surface area contributed by atoms with Gasteiger partial charge in [0.1, 0.15) is 11.0 Å². The number of hydrogen-bond acceptors (Lipinski definition) is 4. The van der Waals surface area contributed by atoms with E-state index >= 15 is 0 Å². The highest BCUT2D eigenvalue weighted by molar-refractivity contribution is 6.39. The van der Waals surface area contributed by atoms with Crippen LogP contribution in [-0.2, 0) is 13.1 Å². The molecule has 2 saturated heterocycles. The van der Waals surface area contributed by atoms with E-state index in [4.69, 9.17) is 23.2 Å². The Morgan fingerprint density at radius 3 is 1.46 bits per heavy atom. The summed E-state index contributed by atoms with van der Waals surface area (Å²) in [6.45, 7) is 7.29. The Kier molecular flexibility index (Phi) is 8.08. The maximum absolute atomic E-state index is 13.6. The Hall–Kier alpha value is -4.08. The lowest BCUT2D eigenvalue weighted by Crippen LogP contribution is -2.33. The first-order chi connectivity index (χ1) is 23.3. The number of benzene rings is 2. The van der Waals surface area contributed by atoms with Gasteiger partial charge in [-0.3, -0.25) is 9.59 Å². The van der Waals surface area contributed by atoms with Gasteiger partial charge in [-0.25, -0.2) is 0 Å². The molecule has 10 heteroatoms. The van der Waals surface area contributed by atoms with Crippen LogP contribution in [0.4, 0.5) is 0 Å². The van der Waals surface area contributed by atoms with E-state index in [0.29, 0.717) is 46.3 Å². The molecule has 0 unspecified atom stereocenters. The Labute approximate surface area is 288 Å². The molecule has 2 aliphatic heterocycles. The topological polar surface area (TPSA) is 76.9 Å². The van der Waals surface area contributed by atoms with Crippen molar-refractivity contribution >= 4 is 34.2 Å². The van der Waals surface area contributed by atoms with E-state index in [2.05, 4.69) is 10.6 Å². The van der Waals surface area contributed by atoms with Crippen molar-refractivity contribution < 1.29 is 0 Å². The van der Waals surface area contributed by atoms with Crippen LogP contribution >= 0.6 is 23.2 Å². The minimum Gasteiger partial charge on any atom is -0.317 e. The highest BCUT2D eigenvalue weighted by Crippen LogP contribution is 2.42. The molecule has 4 aromatic heterocycles. The highest BCUT2D eigenvalue weighted by atomic mass is 35.5. The lowest BCUT2D eigenvalue weighted by atomic mass is 9.97. The molecule has 246 valence electrons. The van der Waals surface area contributed by atoms with Crippen molar-refractivity contribution in [2.75, 3.05) is 13.1 Å². The predicted octanol–water partition coefficient (Wildman–Crippen LogP) is 6.94. The summed E-state index contributed by atoms with van der Waals surface area (Å²) in [7, 11) is 0. The fourth-order valence-corrected chi connectivity index (χ4v) is 8.27. The molecule has 0 bridgehead atoms. The zero-order chi connectivity index (χ0) is 33.1. The summed E-state index contributed by atoms with van der Waals surface area (Å²) in [6, 6.07) is 16.3. The van der Waals surface area contributed by atoms with Crippen LogP contribution in [0.5, 0.6) is 0 Å². The van der Waals surface area contributed by atoms with Gasteiger partial charge < -0.3 is 28.6 Å². The SMILES string of the molecule is Cc1cn2cc(-c3cccc(-c4cccc(-c5cc6c(=O)n(C[C@@H]7CCCN7)c(C)cn6c5)c4Cl)c3Cl)cc2c(=O)n1C[C@@H]1CCCN1. The van der Waals surface area contributed by atoms with Gasteiger partial charge in [-0.05, 0) is 64.8 Å². The van der Waals surface area contributed by atoms with E-state index in [-0.39, 0.29) is 11.1 Å². The zero-order valence-electron chi connectivity index (χ0n) is 27.1. The van der Waals surface area contributed by atoms with Gasteiger partial charge >= 0.3 is 0 Å². The molecule has 2 N–H and O–H groups in total. The number of hydrogen-bond donors (Lipinski definition) is 2. The van der Waals surface area contributed by atoms with Crippen molar-refractivity contribution in [3.63, 3.8) is 0 Å². The smallest absolute Gasteiger partial charge is 0.275 e. The number of nitrogens with zero attached hydrogens (tertiary/aromatic N) is 4. The molecule has 0 aliphatic carbocycles. The van der Waals surface area contributed by atoms with Crippen molar-refractivity contribution in [2.45, 2.75) is 64.7 Å². The molecule has 0 amide bonds. The average Bonchev–Trinajstić information content (AvgIpc) is 3.90. The number of fused-ring (bicyclic) bond motifs is 2. The second kappa shape index (κ2) is 12.4. The number of halogens is 2. The Morgan fingerprint density at radius 1 is 0.646 bits per heavy atom. The van der Waals surface area contributed by atoms with Gasteiger partial charge in [0.25, 0.3) is 11.1 Å². The molecule has 6 aromatic rings. The minimum atomic E-state index is -0.00455. The van der Waals surface area contributed by atoms with Crippen LogP contribution in [0.25, 0.3) is 44.4 Å². The van der Waals surface area contributed by atoms with Crippen molar-refractivity contribution in [2.24, 2.45) is 0 Å². The van der Waals surface area contributed by atoms with Crippen LogP contribution in [0.15, 0.2) is 82.9 Å². The van der Waals surface area contributed by atoms with Gasteiger partial charge in [-0.2, -0.15) is 0 Å². The molecule has 2 aliphatic rings. The van der Waals surface area contributed by atoms with Crippen LogP contribution in [0.1, 0.15) is 37.1 Å². The maximum atomic E-state index is 13.6. The molecule has 8 rings (SSSR count). The van der Waals surface area contributed by atoms with Gasteiger partial charge in [0, 0.05) is 94.7 Å². The van der Waals surface area contributed by atoms with Gasteiger partial charge in [0.05, 0.1) is 10.0 Å². The summed E-state index contributed by atoms with van der Waals surface area (Å²) in [5.41, 5.74) is 8.02. The first-order valence-corrected chi connectivity index (χ1v) is 17.5. The third kappa shape index (κ3) is 5.41. The molecule has 0 radical (unpaired) electrons. The van der Waals surface area contributed by atoms with Crippen LogP contribution in [0, 0.1) is 13.8 Å². The first-order valence-electron chi connectivity index (χ1n) is 16.8. The number of aryl methyl sites for hydroxylation is 2. The number of aromatic nitrogens is 4. The molecule has 48 heavy (non-hydrogen) atoms. The standard InChI is InChI=1S/C38H38Cl2N6O2/c1-23-17-43-19-25(15-33(43)37(47)45(23)21-27-7-5-13-41-27)29-9-3-11-31(35(29)39)32-12-4-10-30(36(32)40)26-16-34-38(48)46(22-28-8-6-14-42-28)24(2)18-44(34)20-26/h3-4,9-12,15-20,27-28,41-42H,5-8,13-14,21-22H2,1-2H3/t27-,28-/m0/s1. The molecule has 2 atom stereocenters. The summed E-state index contributed by atoms with van der Waals surface area (Å²) in [6.07, 6.45) is 12.4. The van der Waals surface area contributed by atoms with E-state index in [1.54, 1.807) is 0 Å². The lowest BCUT2D eigenvalue weighted by Gasteiger charge is -2.15. The Bertz CT molecular complexity index is 2150. The molecule has 6 heterocycles. The molecule has 2 aromatic carbocycles. The van der Waals surface area contributed by atoms with Crippen LogP contribution in [-0.4, -0.2) is 43.1 Å². The van der Waals surface area contributed by atoms with Gasteiger partial charge in [-0.15, -0.1) is 0 Å². The molecule has 2 fully saturated rings. The summed E-state index contributed by atoms with van der Waals surface area (Å²) in [5, 5.41) is 8.11. The highest BCUT2D eigenvalue weighted by Gasteiger charge is 2.21. The molecular weight excluding hydrogens is 643 g/mol. The Balaban J connectivity index is 1.16. The fourth-order valence-electron chi connectivity index (χ4n) is 7.59. The fraction of sp³-hybridized carbons (Fsp3) is 0.316. The molecule has 8 nitrogen and oxygen atoms in total. The molecule has 0 saturated carbocycles. The number of rotatable bonds is 7. The third-order valence-corrected chi connectivity index (χ3v) is 11.0.